The fraction of sp³-hybridized carbons (Fsp3) is 0. The van der Waals surface area contributed by atoms with E-state index in [1.54, 1.807) is 24.4 Å². The fourth-order valence-electron chi connectivity index (χ4n) is 2.19. The first-order valence-electron chi connectivity index (χ1n) is 8.14. The van der Waals surface area contributed by atoms with E-state index in [1.165, 1.54) is 6.08 Å². The largest absolute Gasteiger partial charge is 0.423 e. The van der Waals surface area contributed by atoms with E-state index in [0.717, 1.165) is 25.8 Å². The second-order valence-corrected chi connectivity index (χ2v) is 7.44. The Morgan fingerprint density at radius 1 is 0.778 bits per heavy atom. The zero-order chi connectivity index (χ0) is 19.1. The first-order chi connectivity index (χ1) is 13.1. The summed E-state index contributed by atoms with van der Waals surface area (Å²) in [4.78, 5) is 16.3. The van der Waals surface area contributed by atoms with Gasteiger partial charge in [0.25, 0.3) is 0 Å². The summed E-state index contributed by atoms with van der Waals surface area (Å²) in [6, 6.07) is 22.6. The van der Waals surface area contributed by atoms with Crippen LogP contribution in [0.25, 0.3) is 6.08 Å². The monoisotopic (exact) mass is 483 g/mol. The zero-order valence-corrected chi connectivity index (χ0v) is 17.4. The predicted molar refractivity (Wildman–Crippen MR) is 117 cm³/mol. The van der Waals surface area contributed by atoms with E-state index in [4.69, 9.17) is 4.74 Å². The molecule has 0 aliphatic heterocycles. The van der Waals surface area contributed by atoms with Crippen LogP contribution >= 0.6 is 31.9 Å². The van der Waals surface area contributed by atoms with Crippen molar-refractivity contribution in [3.63, 3.8) is 0 Å². The number of hydrogen-bond donors (Lipinski definition) is 0. The third kappa shape index (κ3) is 6.31. The Balaban J connectivity index is 1.57. The lowest BCUT2D eigenvalue weighted by atomic mass is 10.2. The molecule has 3 nitrogen and oxygen atoms in total. The van der Waals surface area contributed by atoms with Crippen LogP contribution in [-0.4, -0.2) is 12.2 Å². The molecule has 0 aliphatic rings. The molecule has 0 aromatic heterocycles. The predicted octanol–water partition coefficient (Wildman–Crippen LogP) is 6.58. The van der Waals surface area contributed by atoms with Gasteiger partial charge in [0.05, 0.1) is 5.69 Å². The number of nitrogens with zero attached hydrogens (tertiary/aromatic N) is 1. The quantitative estimate of drug-likeness (QED) is 0.177. The number of carbonyl (C=O) groups is 1. The molecule has 0 unspecified atom stereocenters. The minimum Gasteiger partial charge on any atom is -0.423 e. The summed E-state index contributed by atoms with van der Waals surface area (Å²) in [6.07, 6.45) is 4.89. The second-order valence-electron chi connectivity index (χ2n) is 5.61. The smallest absolute Gasteiger partial charge is 0.336 e. The molecule has 0 saturated heterocycles. The Kier molecular flexibility index (Phi) is 6.74. The van der Waals surface area contributed by atoms with E-state index >= 15 is 0 Å². The average Bonchev–Trinajstić information content (AvgIpc) is 2.68. The van der Waals surface area contributed by atoms with Crippen LogP contribution in [0.4, 0.5) is 5.69 Å². The van der Waals surface area contributed by atoms with Gasteiger partial charge in [0.15, 0.2) is 0 Å². The first kappa shape index (κ1) is 19.3. The van der Waals surface area contributed by atoms with Gasteiger partial charge >= 0.3 is 5.97 Å². The second kappa shape index (κ2) is 9.44. The summed E-state index contributed by atoms with van der Waals surface area (Å²) < 4.78 is 7.31. The van der Waals surface area contributed by atoms with Gasteiger partial charge in [-0.1, -0.05) is 44.0 Å². The Labute approximate surface area is 174 Å². The molecule has 0 radical (unpaired) electrons. The van der Waals surface area contributed by atoms with Gasteiger partial charge in [-0.2, -0.15) is 0 Å². The molecule has 0 aliphatic carbocycles. The maximum atomic E-state index is 11.9. The maximum Gasteiger partial charge on any atom is 0.336 e. The third-order valence-electron chi connectivity index (χ3n) is 3.57. The van der Waals surface area contributed by atoms with Crippen molar-refractivity contribution in [2.75, 3.05) is 0 Å². The normalized spacial score (nSPS) is 11.2. The molecule has 3 aromatic rings. The van der Waals surface area contributed by atoms with Crippen LogP contribution in [0.15, 0.2) is 92.8 Å². The zero-order valence-electron chi connectivity index (χ0n) is 14.2. The van der Waals surface area contributed by atoms with Crippen molar-refractivity contribution in [1.82, 2.24) is 0 Å². The minimum absolute atomic E-state index is 0.422. The summed E-state index contributed by atoms with van der Waals surface area (Å²) in [5.41, 5.74) is 2.71. The molecule has 0 saturated carbocycles. The molecule has 0 bridgehead atoms. The highest BCUT2D eigenvalue weighted by Crippen LogP contribution is 2.17. The van der Waals surface area contributed by atoms with Crippen LogP contribution in [0.2, 0.25) is 0 Å². The molecule has 0 spiro atoms. The maximum absolute atomic E-state index is 11.9. The highest BCUT2D eigenvalue weighted by Gasteiger charge is 2.00. The number of ether oxygens (including phenoxy) is 1. The molecular formula is C22H15Br2NO2. The van der Waals surface area contributed by atoms with E-state index in [0.29, 0.717) is 5.75 Å². The molecule has 0 fully saturated rings. The van der Waals surface area contributed by atoms with Crippen molar-refractivity contribution in [3.05, 3.63) is 98.9 Å². The average molecular weight is 485 g/mol. The van der Waals surface area contributed by atoms with E-state index in [-0.39, 0.29) is 0 Å². The lowest BCUT2D eigenvalue weighted by Gasteiger charge is -2.02. The fourth-order valence-corrected chi connectivity index (χ4v) is 2.72. The van der Waals surface area contributed by atoms with Crippen LogP contribution < -0.4 is 4.74 Å². The van der Waals surface area contributed by atoms with Gasteiger partial charge in [0.2, 0.25) is 0 Å². The van der Waals surface area contributed by atoms with E-state index in [1.807, 2.05) is 60.7 Å². The number of esters is 1. The summed E-state index contributed by atoms with van der Waals surface area (Å²) in [7, 11) is 0. The summed E-state index contributed by atoms with van der Waals surface area (Å²) in [5.74, 6) is 0.0652. The standard InChI is InChI=1S/C22H15Br2NO2/c23-18-6-1-16(2-7-18)5-14-22(26)27-21-12-3-17(4-13-21)15-25-20-10-8-19(24)9-11-20/h1-15H. The molecule has 3 aromatic carbocycles. The SMILES string of the molecule is O=C(C=Cc1ccc(Br)cc1)Oc1ccc(C=Nc2ccc(Br)cc2)cc1. The summed E-state index contributed by atoms with van der Waals surface area (Å²) in [6.45, 7) is 0. The molecule has 0 heterocycles. The van der Waals surface area contributed by atoms with Crippen molar-refractivity contribution in [2.24, 2.45) is 4.99 Å². The Hall–Kier alpha value is -2.50. The van der Waals surface area contributed by atoms with Gasteiger partial charge in [-0.3, -0.25) is 4.99 Å². The Bertz CT molecular complexity index is 961. The minimum atomic E-state index is -0.422. The number of aliphatic imine (C=N–C) groups is 1. The molecular weight excluding hydrogens is 470 g/mol. The van der Waals surface area contributed by atoms with Crippen molar-refractivity contribution < 1.29 is 9.53 Å². The van der Waals surface area contributed by atoms with Crippen LogP contribution in [0, 0.1) is 0 Å². The van der Waals surface area contributed by atoms with Gasteiger partial charge in [-0.15, -0.1) is 0 Å². The van der Waals surface area contributed by atoms with Gasteiger partial charge in [-0.25, -0.2) is 4.79 Å². The molecule has 27 heavy (non-hydrogen) atoms. The Morgan fingerprint density at radius 3 is 1.96 bits per heavy atom. The molecule has 3 rings (SSSR count). The van der Waals surface area contributed by atoms with Crippen molar-refractivity contribution >= 4 is 55.8 Å². The number of halogens is 2. The summed E-state index contributed by atoms with van der Waals surface area (Å²) in [5, 5.41) is 0. The van der Waals surface area contributed by atoms with Crippen LogP contribution in [0.5, 0.6) is 5.75 Å². The van der Waals surface area contributed by atoms with Crippen LogP contribution in [-0.2, 0) is 4.79 Å². The highest BCUT2D eigenvalue weighted by atomic mass is 79.9. The van der Waals surface area contributed by atoms with E-state index in [9.17, 15) is 4.79 Å². The number of benzene rings is 3. The highest BCUT2D eigenvalue weighted by molar-refractivity contribution is 9.10. The first-order valence-corrected chi connectivity index (χ1v) is 9.72. The number of carbonyl (C=O) groups excluding carboxylic acids is 1. The van der Waals surface area contributed by atoms with Gasteiger partial charge in [-0.05, 0) is 77.9 Å². The molecule has 0 N–H and O–H groups in total. The van der Waals surface area contributed by atoms with Crippen molar-refractivity contribution in [3.8, 4) is 5.75 Å². The number of rotatable bonds is 5. The van der Waals surface area contributed by atoms with Crippen molar-refractivity contribution in [1.29, 1.82) is 0 Å². The number of hydrogen-bond acceptors (Lipinski definition) is 3. The van der Waals surface area contributed by atoms with Gasteiger partial charge < -0.3 is 4.74 Å². The van der Waals surface area contributed by atoms with Gasteiger partial charge in [0, 0.05) is 21.2 Å². The molecule has 5 heteroatoms. The molecule has 134 valence electrons. The van der Waals surface area contributed by atoms with Gasteiger partial charge in [0.1, 0.15) is 5.75 Å². The third-order valence-corrected chi connectivity index (χ3v) is 4.63. The lowest BCUT2D eigenvalue weighted by Crippen LogP contribution is -2.03. The van der Waals surface area contributed by atoms with E-state index in [2.05, 4.69) is 36.9 Å². The van der Waals surface area contributed by atoms with Crippen LogP contribution in [0.1, 0.15) is 11.1 Å². The Morgan fingerprint density at radius 2 is 1.33 bits per heavy atom. The molecule has 0 amide bonds. The van der Waals surface area contributed by atoms with Crippen LogP contribution in [0.3, 0.4) is 0 Å². The van der Waals surface area contributed by atoms with Crippen molar-refractivity contribution in [2.45, 2.75) is 0 Å². The topological polar surface area (TPSA) is 38.7 Å². The summed E-state index contributed by atoms with van der Waals surface area (Å²) >= 11 is 6.77. The van der Waals surface area contributed by atoms with E-state index < -0.39 is 5.97 Å². The molecule has 0 atom stereocenters. The lowest BCUT2D eigenvalue weighted by molar-refractivity contribution is -0.128.